The summed E-state index contributed by atoms with van der Waals surface area (Å²) in [5.41, 5.74) is 8.40. The molecule has 0 aliphatic carbocycles. The first-order valence-electron chi connectivity index (χ1n) is 5.56. The Balaban J connectivity index is 1.99. The monoisotopic (exact) mass is 258 g/mol. The number of fused-ring (bicyclic) bond motifs is 1. The lowest BCUT2D eigenvalue weighted by molar-refractivity contribution is 0.935. The summed E-state index contributed by atoms with van der Waals surface area (Å²) in [7, 11) is 0. The van der Waals surface area contributed by atoms with E-state index in [1.165, 1.54) is 0 Å². The molecule has 3 aromatic rings. The van der Waals surface area contributed by atoms with Gasteiger partial charge in [0.25, 0.3) is 0 Å². The van der Waals surface area contributed by atoms with Gasteiger partial charge >= 0.3 is 0 Å². The van der Waals surface area contributed by atoms with E-state index >= 15 is 0 Å². The second-order valence-electron chi connectivity index (χ2n) is 4.11. The van der Waals surface area contributed by atoms with Crippen LogP contribution in [-0.4, -0.2) is 14.6 Å². The second kappa shape index (κ2) is 4.31. The minimum absolute atomic E-state index is 0.694. The second-order valence-corrected chi connectivity index (χ2v) is 4.55. The van der Waals surface area contributed by atoms with Gasteiger partial charge in [0.1, 0.15) is 5.82 Å². The first-order valence-corrected chi connectivity index (χ1v) is 5.94. The number of hydrogen-bond donors (Lipinski definition) is 1. The molecule has 0 amide bonds. The molecule has 0 aliphatic rings. The fourth-order valence-corrected chi connectivity index (χ4v) is 1.99. The SMILES string of the molecule is Nc1ccc2nnc(Cc3ccc(Cl)cc3)n2c1. The smallest absolute Gasteiger partial charge is 0.160 e. The van der Waals surface area contributed by atoms with Crippen molar-refractivity contribution < 1.29 is 0 Å². The number of rotatable bonds is 2. The van der Waals surface area contributed by atoms with Crippen molar-refractivity contribution in [2.24, 2.45) is 0 Å². The van der Waals surface area contributed by atoms with Crippen LogP contribution in [0.4, 0.5) is 5.69 Å². The molecule has 90 valence electrons. The third kappa shape index (κ3) is 2.02. The highest BCUT2D eigenvalue weighted by molar-refractivity contribution is 6.30. The van der Waals surface area contributed by atoms with Crippen molar-refractivity contribution in [1.82, 2.24) is 14.6 Å². The Hall–Kier alpha value is -2.07. The number of nitrogens with two attached hydrogens (primary N) is 1. The maximum absolute atomic E-state index is 5.86. The standard InChI is InChI=1S/C13H11ClN4/c14-10-3-1-9(2-4-10)7-13-17-16-12-6-5-11(15)8-18(12)13/h1-6,8H,7,15H2. The number of hydrogen-bond acceptors (Lipinski definition) is 3. The summed E-state index contributed by atoms with van der Waals surface area (Å²) >= 11 is 5.86. The molecule has 0 bridgehead atoms. The van der Waals surface area contributed by atoms with Crippen LogP contribution >= 0.6 is 11.6 Å². The van der Waals surface area contributed by atoms with E-state index in [0.717, 1.165) is 22.1 Å². The normalized spacial score (nSPS) is 10.9. The summed E-state index contributed by atoms with van der Waals surface area (Å²) in [6.07, 6.45) is 2.53. The fourth-order valence-electron chi connectivity index (χ4n) is 1.86. The summed E-state index contributed by atoms with van der Waals surface area (Å²) in [4.78, 5) is 0. The number of pyridine rings is 1. The highest BCUT2D eigenvalue weighted by Crippen LogP contribution is 2.14. The maximum Gasteiger partial charge on any atom is 0.160 e. The predicted octanol–water partition coefficient (Wildman–Crippen LogP) is 2.56. The van der Waals surface area contributed by atoms with Crippen LogP contribution in [0.3, 0.4) is 0 Å². The van der Waals surface area contributed by atoms with Crippen molar-refractivity contribution in [3.63, 3.8) is 0 Å². The topological polar surface area (TPSA) is 56.2 Å². The van der Waals surface area contributed by atoms with E-state index in [4.69, 9.17) is 17.3 Å². The number of anilines is 1. The molecule has 18 heavy (non-hydrogen) atoms. The van der Waals surface area contributed by atoms with E-state index < -0.39 is 0 Å². The summed E-state index contributed by atoms with van der Waals surface area (Å²) in [6.45, 7) is 0. The van der Waals surface area contributed by atoms with Crippen LogP contribution in [0.2, 0.25) is 5.02 Å². The molecule has 1 aromatic carbocycles. The Labute approximate surface area is 109 Å². The van der Waals surface area contributed by atoms with Crippen molar-refractivity contribution >= 4 is 22.9 Å². The summed E-state index contributed by atoms with van der Waals surface area (Å²) in [5, 5.41) is 9.01. The molecule has 0 spiro atoms. The molecule has 0 saturated carbocycles. The maximum atomic E-state index is 5.86. The first kappa shape index (κ1) is 11.0. The molecular formula is C13H11ClN4. The summed E-state index contributed by atoms with van der Waals surface area (Å²) in [5.74, 6) is 0.861. The Morgan fingerprint density at radius 1 is 1.06 bits per heavy atom. The largest absolute Gasteiger partial charge is 0.398 e. The van der Waals surface area contributed by atoms with Crippen LogP contribution in [0.1, 0.15) is 11.4 Å². The first-order chi connectivity index (χ1) is 8.72. The van der Waals surface area contributed by atoms with E-state index in [0.29, 0.717) is 12.1 Å². The van der Waals surface area contributed by atoms with E-state index in [2.05, 4.69) is 10.2 Å². The number of benzene rings is 1. The lowest BCUT2D eigenvalue weighted by Gasteiger charge is -2.01. The highest BCUT2D eigenvalue weighted by atomic mass is 35.5. The Morgan fingerprint density at radius 3 is 2.61 bits per heavy atom. The van der Waals surface area contributed by atoms with Gasteiger partial charge in [-0.3, -0.25) is 4.40 Å². The molecule has 4 nitrogen and oxygen atoms in total. The number of nitrogen functional groups attached to an aromatic ring is 1. The zero-order valence-corrected chi connectivity index (χ0v) is 10.3. The molecule has 0 aliphatic heterocycles. The van der Waals surface area contributed by atoms with Gasteiger partial charge in [-0.2, -0.15) is 0 Å². The van der Waals surface area contributed by atoms with Gasteiger partial charge in [0.15, 0.2) is 5.65 Å². The van der Waals surface area contributed by atoms with Gasteiger partial charge in [0, 0.05) is 23.3 Å². The minimum Gasteiger partial charge on any atom is -0.398 e. The molecule has 0 atom stereocenters. The number of nitrogens with zero attached hydrogens (tertiary/aromatic N) is 3. The van der Waals surface area contributed by atoms with Crippen LogP contribution in [-0.2, 0) is 6.42 Å². The number of halogens is 1. The average molecular weight is 259 g/mol. The molecule has 0 fully saturated rings. The van der Waals surface area contributed by atoms with Crippen molar-refractivity contribution in [2.45, 2.75) is 6.42 Å². The van der Waals surface area contributed by atoms with E-state index in [-0.39, 0.29) is 0 Å². The zero-order valence-electron chi connectivity index (χ0n) is 9.55. The third-order valence-corrected chi connectivity index (χ3v) is 3.02. The van der Waals surface area contributed by atoms with E-state index in [9.17, 15) is 0 Å². The quantitative estimate of drug-likeness (QED) is 0.769. The average Bonchev–Trinajstić information content (AvgIpc) is 2.75. The Bertz CT molecular complexity index is 688. The van der Waals surface area contributed by atoms with Crippen molar-refractivity contribution in [2.75, 3.05) is 5.73 Å². The number of aromatic nitrogens is 3. The Morgan fingerprint density at radius 2 is 1.83 bits per heavy atom. The molecule has 2 heterocycles. The Kier molecular flexibility index (Phi) is 2.64. The van der Waals surface area contributed by atoms with Gasteiger partial charge in [-0.1, -0.05) is 23.7 Å². The molecule has 3 rings (SSSR count). The fraction of sp³-hybridized carbons (Fsp3) is 0.0769. The molecule has 0 radical (unpaired) electrons. The van der Waals surface area contributed by atoms with Gasteiger partial charge in [-0.25, -0.2) is 0 Å². The van der Waals surface area contributed by atoms with Crippen LogP contribution in [0.15, 0.2) is 42.6 Å². The van der Waals surface area contributed by atoms with E-state index in [1.807, 2.05) is 47.0 Å². The third-order valence-electron chi connectivity index (χ3n) is 2.77. The molecule has 2 N–H and O–H groups in total. The molecular weight excluding hydrogens is 248 g/mol. The van der Waals surface area contributed by atoms with Crippen LogP contribution < -0.4 is 5.73 Å². The van der Waals surface area contributed by atoms with Crippen molar-refractivity contribution in [3.8, 4) is 0 Å². The highest BCUT2D eigenvalue weighted by Gasteiger charge is 2.06. The molecule has 0 saturated heterocycles. The summed E-state index contributed by atoms with van der Waals surface area (Å²) < 4.78 is 1.91. The molecule has 5 heteroatoms. The van der Waals surface area contributed by atoms with Crippen LogP contribution in [0.5, 0.6) is 0 Å². The van der Waals surface area contributed by atoms with E-state index in [1.54, 1.807) is 0 Å². The molecule has 2 aromatic heterocycles. The van der Waals surface area contributed by atoms with Crippen molar-refractivity contribution in [1.29, 1.82) is 0 Å². The molecule has 0 unspecified atom stereocenters. The van der Waals surface area contributed by atoms with Gasteiger partial charge in [0.05, 0.1) is 0 Å². The minimum atomic E-state index is 0.694. The predicted molar refractivity (Wildman–Crippen MR) is 71.7 cm³/mol. The van der Waals surface area contributed by atoms with Gasteiger partial charge < -0.3 is 5.73 Å². The van der Waals surface area contributed by atoms with Gasteiger partial charge in [-0.05, 0) is 29.8 Å². The van der Waals surface area contributed by atoms with Gasteiger partial charge in [0.2, 0.25) is 0 Å². The summed E-state index contributed by atoms with van der Waals surface area (Å²) in [6, 6.07) is 11.4. The van der Waals surface area contributed by atoms with Crippen LogP contribution in [0, 0.1) is 0 Å². The van der Waals surface area contributed by atoms with Gasteiger partial charge in [-0.15, -0.1) is 10.2 Å². The van der Waals surface area contributed by atoms with Crippen LogP contribution in [0.25, 0.3) is 5.65 Å². The zero-order chi connectivity index (χ0) is 12.5. The lowest BCUT2D eigenvalue weighted by atomic mass is 10.1. The lowest BCUT2D eigenvalue weighted by Crippen LogP contribution is -1.97. The van der Waals surface area contributed by atoms with Crippen molar-refractivity contribution in [3.05, 3.63) is 59.0 Å².